The molecule has 1 aromatic carbocycles. The van der Waals surface area contributed by atoms with E-state index < -0.39 is 6.10 Å². The molecule has 3 heteroatoms. The lowest BCUT2D eigenvalue weighted by Crippen LogP contribution is -2.36. The summed E-state index contributed by atoms with van der Waals surface area (Å²) in [4.78, 5) is 0. The molecule has 0 aromatic heterocycles. The molecule has 0 saturated heterocycles. The lowest BCUT2D eigenvalue weighted by Gasteiger charge is -2.29. The highest BCUT2D eigenvalue weighted by molar-refractivity contribution is 5.52. The minimum absolute atomic E-state index is 0.0932. The SMILES string of the molecule is COC1Cc2cccc(N)c2CC1O. The van der Waals surface area contributed by atoms with Gasteiger partial charge in [0.25, 0.3) is 0 Å². The van der Waals surface area contributed by atoms with Gasteiger partial charge < -0.3 is 15.6 Å². The average Bonchev–Trinajstić information content (AvgIpc) is 2.19. The Morgan fingerprint density at radius 1 is 1.43 bits per heavy atom. The summed E-state index contributed by atoms with van der Waals surface area (Å²) in [6.07, 6.45) is 0.819. The third kappa shape index (κ3) is 1.49. The number of hydrogen-bond acceptors (Lipinski definition) is 3. The highest BCUT2D eigenvalue weighted by atomic mass is 16.5. The summed E-state index contributed by atoms with van der Waals surface area (Å²) in [5.41, 5.74) is 8.89. The van der Waals surface area contributed by atoms with Crippen molar-refractivity contribution < 1.29 is 9.84 Å². The second kappa shape index (κ2) is 3.59. The van der Waals surface area contributed by atoms with Crippen LogP contribution in [0.4, 0.5) is 5.69 Å². The molecule has 1 aliphatic rings. The summed E-state index contributed by atoms with van der Waals surface area (Å²) in [6, 6.07) is 5.86. The maximum atomic E-state index is 9.76. The molecule has 0 spiro atoms. The molecule has 3 nitrogen and oxygen atoms in total. The first-order valence-corrected chi connectivity index (χ1v) is 4.79. The molecule has 14 heavy (non-hydrogen) atoms. The van der Waals surface area contributed by atoms with E-state index in [2.05, 4.69) is 0 Å². The number of anilines is 1. The van der Waals surface area contributed by atoms with Crippen molar-refractivity contribution in [3.8, 4) is 0 Å². The minimum atomic E-state index is -0.433. The second-order valence-electron chi connectivity index (χ2n) is 3.73. The van der Waals surface area contributed by atoms with E-state index in [0.29, 0.717) is 6.42 Å². The summed E-state index contributed by atoms with van der Waals surface area (Å²) in [5, 5.41) is 9.76. The lowest BCUT2D eigenvalue weighted by molar-refractivity contribution is -0.0160. The number of nitrogens with two attached hydrogens (primary N) is 1. The summed E-state index contributed by atoms with van der Waals surface area (Å²) in [5.74, 6) is 0. The number of methoxy groups -OCH3 is 1. The second-order valence-corrected chi connectivity index (χ2v) is 3.73. The molecule has 2 rings (SSSR count). The van der Waals surface area contributed by atoms with E-state index in [1.54, 1.807) is 7.11 Å². The predicted octanol–water partition coefficient (Wildman–Crippen LogP) is 0.743. The van der Waals surface area contributed by atoms with Crippen molar-refractivity contribution in [3.05, 3.63) is 29.3 Å². The fourth-order valence-corrected chi connectivity index (χ4v) is 2.03. The van der Waals surface area contributed by atoms with Crippen LogP contribution in [0.15, 0.2) is 18.2 Å². The molecule has 2 atom stereocenters. The molecule has 1 aliphatic carbocycles. The Balaban J connectivity index is 2.35. The zero-order valence-corrected chi connectivity index (χ0v) is 8.23. The molecule has 1 aromatic rings. The van der Waals surface area contributed by atoms with Crippen molar-refractivity contribution in [2.24, 2.45) is 0 Å². The highest BCUT2D eigenvalue weighted by Gasteiger charge is 2.27. The normalized spacial score (nSPS) is 25.9. The van der Waals surface area contributed by atoms with Crippen LogP contribution in [-0.2, 0) is 17.6 Å². The molecule has 0 aliphatic heterocycles. The number of fused-ring (bicyclic) bond motifs is 1. The van der Waals surface area contributed by atoms with Crippen LogP contribution in [0.1, 0.15) is 11.1 Å². The van der Waals surface area contributed by atoms with E-state index in [9.17, 15) is 5.11 Å². The van der Waals surface area contributed by atoms with Gasteiger partial charge >= 0.3 is 0 Å². The number of nitrogen functional groups attached to an aromatic ring is 1. The summed E-state index contributed by atoms with van der Waals surface area (Å²) in [7, 11) is 1.63. The zero-order valence-electron chi connectivity index (χ0n) is 8.23. The van der Waals surface area contributed by atoms with Crippen LogP contribution in [0.2, 0.25) is 0 Å². The van der Waals surface area contributed by atoms with Crippen LogP contribution in [-0.4, -0.2) is 24.4 Å². The molecule has 0 amide bonds. The molecule has 2 unspecified atom stereocenters. The van der Waals surface area contributed by atoms with Crippen molar-refractivity contribution in [2.45, 2.75) is 25.0 Å². The van der Waals surface area contributed by atoms with Crippen LogP contribution >= 0.6 is 0 Å². The Bertz CT molecular complexity index is 338. The smallest absolute Gasteiger partial charge is 0.0873 e. The van der Waals surface area contributed by atoms with Gasteiger partial charge in [0.1, 0.15) is 0 Å². The molecular formula is C11H15NO2. The number of benzene rings is 1. The Labute approximate surface area is 83.5 Å². The maximum absolute atomic E-state index is 9.76. The van der Waals surface area contributed by atoms with E-state index in [0.717, 1.165) is 17.7 Å². The van der Waals surface area contributed by atoms with E-state index in [1.165, 1.54) is 5.56 Å². The minimum Gasteiger partial charge on any atom is -0.398 e. The summed E-state index contributed by atoms with van der Waals surface area (Å²) < 4.78 is 5.21. The highest BCUT2D eigenvalue weighted by Crippen LogP contribution is 2.27. The first-order chi connectivity index (χ1) is 6.72. The van der Waals surface area contributed by atoms with Crippen LogP contribution in [0.5, 0.6) is 0 Å². The quantitative estimate of drug-likeness (QED) is 0.647. The molecule has 0 fully saturated rings. The van der Waals surface area contributed by atoms with Crippen molar-refractivity contribution in [1.82, 2.24) is 0 Å². The number of ether oxygens (including phenoxy) is 1. The van der Waals surface area contributed by atoms with Crippen molar-refractivity contribution in [2.75, 3.05) is 12.8 Å². The number of aliphatic hydroxyl groups is 1. The summed E-state index contributed by atoms with van der Waals surface area (Å²) >= 11 is 0. The zero-order chi connectivity index (χ0) is 10.1. The van der Waals surface area contributed by atoms with Crippen LogP contribution in [0.25, 0.3) is 0 Å². The summed E-state index contributed by atoms with van der Waals surface area (Å²) in [6.45, 7) is 0. The Kier molecular flexibility index (Phi) is 2.44. The fourth-order valence-electron chi connectivity index (χ4n) is 2.03. The largest absolute Gasteiger partial charge is 0.398 e. The van der Waals surface area contributed by atoms with Crippen LogP contribution in [0, 0.1) is 0 Å². The Hall–Kier alpha value is -1.06. The predicted molar refractivity (Wildman–Crippen MR) is 55.1 cm³/mol. The van der Waals surface area contributed by atoms with Gasteiger partial charge in [0.15, 0.2) is 0 Å². The van der Waals surface area contributed by atoms with Crippen LogP contribution in [0.3, 0.4) is 0 Å². The first-order valence-electron chi connectivity index (χ1n) is 4.79. The third-order valence-corrected chi connectivity index (χ3v) is 2.88. The van der Waals surface area contributed by atoms with Gasteiger partial charge in [-0.25, -0.2) is 0 Å². The average molecular weight is 193 g/mol. The lowest BCUT2D eigenvalue weighted by atomic mass is 9.87. The molecular weight excluding hydrogens is 178 g/mol. The van der Waals surface area contributed by atoms with E-state index in [4.69, 9.17) is 10.5 Å². The van der Waals surface area contributed by atoms with Crippen molar-refractivity contribution >= 4 is 5.69 Å². The topological polar surface area (TPSA) is 55.5 Å². The van der Waals surface area contributed by atoms with Gasteiger partial charge in [0.2, 0.25) is 0 Å². The standard InChI is InChI=1S/C11H15NO2/c1-14-11-5-7-3-2-4-9(12)8(7)6-10(11)13/h2-4,10-11,13H,5-6,12H2,1H3. The molecule has 0 bridgehead atoms. The molecule has 3 N–H and O–H groups in total. The fraction of sp³-hybridized carbons (Fsp3) is 0.455. The monoisotopic (exact) mass is 193 g/mol. The number of hydrogen-bond donors (Lipinski definition) is 2. The van der Waals surface area contributed by atoms with Gasteiger partial charge in [-0.1, -0.05) is 12.1 Å². The van der Waals surface area contributed by atoms with E-state index in [-0.39, 0.29) is 6.10 Å². The van der Waals surface area contributed by atoms with E-state index in [1.807, 2.05) is 18.2 Å². The van der Waals surface area contributed by atoms with Gasteiger partial charge in [0.05, 0.1) is 12.2 Å². The molecule has 0 heterocycles. The van der Waals surface area contributed by atoms with Gasteiger partial charge in [0, 0.05) is 25.6 Å². The van der Waals surface area contributed by atoms with Crippen molar-refractivity contribution in [1.29, 1.82) is 0 Å². The van der Waals surface area contributed by atoms with Gasteiger partial charge in [-0.05, 0) is 17.2 Å². The third-order valence-electron chi connectivity index (χ3n) is 2.88. The molecule has 0 saturated carbocycles. The Morgan fingerprint density at radius 2 is 2.21 bits per heavy atom. The van der Waals surface area contributed by atoms with Crippen molar-refractivity contribution in [3.63, 3.8) is 0 Å². The maximum Gasteiger partial charge on any atom is 0.0873 e. The number of rotatable bonds is 1. The molecule has 76 valence electrons. The number of aliphatic hydroxyl groups excluding tert-OH is 1. The first kappa shape index (κ1) is 9.49. The van der Waals surface area contributed by atoms with Crippen LogP contribution < -0.4 is 5.73 Å². The van der Waals surface area contributed by atoms with Gasteiger partial charge in [-0.3, -0.25) is 0 Å². The van der Waals surface area contributed by atoms with E-state index >= 15 is 0 Å². The molecule has 0 radical (unpaired) electrons. The van der Waals surface area contributed by atoms with Gasteiger partial charge in [-0.15, -0.1) is 0 Å². The van der Waals surface area contributed by atoms with Gasteiger partial charge in [-0.2, -0.15) is 0 Å². The Morgan fingerprint density at radius 3 is 2.93 bits per heavy atom.